The third-order valence-electron chi connectivity index (χ3n) is 4.46. The fourth-order valence-electron chi connectivity index (χ4n) is 2.86. The molecule has 0 saturated carbocycles. The van der Waals surface area contributed by atoms with Gasteiger partial charge in [-0.05, 0) is 26.0 Å². The van der Waals surface area contributed by atoms with Gasteiger partial charge in [0, 0.05) is 26.9 Å². The van der Waals surface area contributed by atoms with Gasteiger partial charge in [0.1, 0.15) is 12.4 Å². The average Bonchev–Trinajstić information content (AvgIpc) is 3.16. The third kappa shape index (κ3) is 4.16. The lowest BCUT2D eigenvalue weighted by Gasteiger charge is -2.11. The van der Waals surface area contributed by atoms with E-state index in [0.717, 1.165) is 22.6 Å². The highest BCUT2D eigenvalue weighted by molar-refractivity contribution is 5.92. The van der Waals surface area contributed by atoms with Gasteiger partial charge in [0.05, 0.1) is 28.1 Å². The summed E-state index contributed by atoms with van der Waals surface area (Å²) < 4.78 is 1.62. The zero-order valence-electron chi connectivity index (χ0n) is 16.0. The van der Waals surface area contributed by atoms with Crippen LogP contribution in [0.3, 0.4) is 0 Å². The Morgan fingerprint density at radius 3 is 2.67 bits per heavy atom. The Bertz CT molecular complexity index is 952. The average molecular weight is 368 g/mol. The number of carbonyl (C=O) groups excluding carboxylic acids is 2. The largest absolute Gasteiger partial charge is 0.347 e. The number of carbonyl (C=O) groups is 2. The van der Waals surface area contributed by atoms with E-state index >= 15 is 0 Å². The van der Waals surface area contributed by atoms with Gasteiger partial charge in [-0.25, -0.2) is 4.98 Å². The van der Waals surface area contributed by atoms with E-state index in [-0.39, 0.29) is 18.4 Å². The second-order valence-electron chi connectivity index (χ2n) is 6.74. The number of amides is 2. The molecule has 2 N–H and O–H groups in total. The lowest BCUT2D eigenvalue weighted by molar-refractivity contribution is -0.129. The minimum absolute atomic E-state index is 0.0524. The normalized spacial score (nSPS) is 11.0. The lowest BCUT2D eigenvalue weighted by atomic mass is 10.2. The van der Waals surface area contributed by atoms with Gasteiger partial charge in [-0.2, -0.15) is 5.10 Å². The highest BCUT2D eigenvalue weighted by atomic mass is 16.2. The maximum atomic E-state index is 12.4. The molecule has 0 atom stereocenters. The molecule has 27 heavy (non-hydrogen) atoms. The van der Waals surface area contributed by atoms with Gasteiger partial charge in [0.2, 0.25) is 11.8 Å². The molecule has 0 saturated heterocycles. The van der Waals surface area contributed by atoms with Crippen molar-refractivity contribution in [2.75, 3.05) is 19.4 Å². The Kier molecular flexibility index (Phi) is 5.25. The summed E-state index contributed by atoms with van der Waals surface area (Å²) >= 11 is 0. The van der Waals surface area contributed by atoms with Crippen LogP contribution < -0.4 is 5.32 Å². The van der Waals surface area contributed by atoms with E-state index in [2.05, 4.69) is 20.4 Å². The van der Waals surface area contributed by atoms with Crippen molar-refractivity contribution in [3.05, 3.63) is 41.5 Å². The maximum absolute atomic E-state index is 12.4. The molecule has 2 aromatic heterocycles. The zero-order chi connectivity index (χ0) is 19.6. The van der Waals surface area contributed by atoms with Crippen LogP contribution >= 0.6 is 0 Å². The van der Waals surface area contributed by atoms with Crippen LogP contribution in [0.15, 0.2) is 24.3 Å². The molecule has 0 aliphatic carbocycles. The first kappa shape index (κ1) is 18.6. The van der Waals surface area contributed by atoms with Crippen molar-refractivity contribution < 1.29 is 9.59 Å². The molecule has 8 nitrogen and oxygen atoms in total. The van der Waals surface area contributed by atoms with Crippen LogP contribution in [0.4, 0.5) is 5.69 Å². The molecule has 3 aromatic rings. The molecule has 0 unspecified atom stereocenters. The lowest BCUT2D eigenvalue weighted by Crippen LogP contribution is -2.27. The quantitative estimate of drug-likeness (QED) is 0.696. The maximum Gasteiger partial charge on any atom is 0.243 e. The minimum atomic E-state index is -0.111. The summed E-state index contributed by atoms with van der Waals surface area (Å²) in [6.45, 7) is 3.81. The molecule has 0 fully saturated rings. The Morgan fingerprint density at radius 2 is 1.96 bits per heavy atom. The number of aromatic nitrogens is 4. The van der Waals surface area contributed by atoms with Crippen molar-refractivity contribution in [1.29, 1.82) is 0 Å². The molecule has 0 bridgehead atoms. The summed E-state index contributed by atoms with van der Waals surface area (Å²) in [4.78, 5) is 33.5. The number of nitrogens with zero attached hydrogens (tertiary/aromatic N) is 4. The minimum Gasteiger partial charge on any atom is -0.347 e. The van der Waals surface area contributed by atoms with Crippen LogP contribution in [0.2, 0.25) is 0 Å². The number of fused-ring (bicyclic) bond motifs is 1. The van der Waals surface area contributed by atoms with Crippen molar-refractivity contribution in [1.82, 2.24) is 24.6 Å². The van der Waals surface area contributed by atoms with Gasteiger partial charge < -0.3 is 15.2 Å². The zero-order valence-corrected chi connectivity index (χ0v) is 16.0. The molecule has 0 radical (unpaired) electrons. The molecule has 2 amide bonds. The smallest absolute Gasteiger partial charge is 0.243 e. The number of hydrogen-bond donors (Lipinski definition) is 2. The number of nitrogens with one attached hydrogen (secondary N) is 2. The number of benzene rings is 1. The van der Waals surface area contributed by atoms with Crippen molar-refractivity contribution in [2.24, 2.45) is 0 Å². The number of anilines is 1. The first-order valence-electron chi connectivity index (χ1n) is 8.82. The number of H-pyrrole nitrogens is 1. The predicted octanol–water partition coefficient (Wildman–Crippen LogP) is 2.04. The van der Waals surface area contributed by atoms with Gasteiger partial charge in [0.15, 0.2) is 0 Å². The van der Waals surface area contributed by atoms with Crippen LogP contribution in [0.5, 0.6) is 0 Å². The second-order valence-corrected chi connectivity index (χ2v) is 6.74. The van der Waals surface area contributed by atoms with Gasteiger partial charge in [-0.3, -0.25) is 14.3 Å². The van der Waals surface area contributed by atoms with E-state index in [1.165, 1.54) is 4.90 Å². The van der Waals surface area contributed by atoms with Crippen LogP contribution in [-0.4, -0.2) is 50.6 Å². The number of likely N-dealkylation sites (N-methyl/N-ethyl adjacent to an activating group) is 1. The number of para-hydroxylation sites is 2. The molecule has 8 heteroatoms. The van der Waals surface area contributed by atoms with E-state index in [1.54, 1.807) is 18.8 Å². The molecular weight excluding hydrogens is 344 g/mol. The van der Waals surface area contributed by atoms with Crippen LogP contribution in [0.1, 0.15) is 23.6 Å². The Hall–Kier alpha value is -3.16. The molecule has 3 rings (SSSR count). The number of imidazole rings is 1. The molecular formula is C19H24N6O2. The fraction of sp³-hybridized carbons (Fsp3) is 0.368. The highest BCUT2D eigenvalue weighted by Crippen LogP contribution is 2.20. The van der Waals surface area contributed by atoms with E-state index < -0.39 is 0 Å². The fourth-order valence-corrected chi connectivity index (χ4v) is 2.86. The molecule has 2 heterocycles. The topological polar surface area (TPSA) is 95.9 Å². The molecule has 1 aromatic carbocycles. The predicted molar refractivity (Wildman–Crippen MR) is 103 cm³/mol. The van der Waals surface area contributed by atoms with Gasteiger partial charge in [-0.15, -0.1) is 0 Å². The van der Waals surface area contributed by atoms with Crippen LogP contribution in [0, 0.1) is 13.8 Å². The Morgan fingerprint density at radius 1 is 1.22 bits per heavy atom. The first-order valence-corrected chi connectivity index (χ1v) is 8.82. The van der Waals surface area contributed by atoms with E-state index in [4.69, 9.17) is 0 Å². The van der Waals surface area contributed by atoms with Crippen LogP contribution in [-0.2, 0) is 22.6 Å². The van der Waals surface area contributed by atoms with E-state index in [1.807, 2.05) is 38.1 Å². The monoisotopic (exact) mass is 368 g/mol. The molecule has 0 aliphatic rings. The summed E-state index contributed by atoms with van der Waals surface area (Å²) in [6.07, 6.45) is 0.826. The summed E-state index contributed by atoms with van der Waals surface area (Å²) in [7, 11) is 3.41. The standard InChI is InChI=1S/C19H24N6O2/c1-12-19(13(2)25(23-12)11-18(27)24(3)4)22-17(26)10-9-16-20-14-7-5-6-8-15(14)21-16/h5-8H,9-11H2,1-4H3,(H,20,21)(H,22,26). The van der Waals surface area contributed by atoms with Gasteiger partial charge in [0.25, 0.3) is 0 Å². The van der Waals surface area contributed by atoms with E-state index in [0.29, 0.717) is 24.2 Å². The van der Waals surface area contributed by atoms with Crippen molar-refractivity contribution >= 4 is 28.5 Å². The molecule has 142 valence electrons. The van der Waals surface area contributed by atoms with Crippen molar-refractivity contribution in [3.8, 4) is 0 Å². The SMILES string of the molecule is Cc1nn(CC(=O)N(C)C)c(C)c1NC(=O)CCc1nc2ccccc2[nH]1. The van der Waals surface area contributed by atoms with Crippen molar-refractivity contribution in [2.45, 2.75) is 33.2 Å². The summed E-state index contributed by atoms with van der Waals surface area (Å²) in [6, 6.07) is 7.78. The first-order chi connectivity index (χ1) is 12.8. The number of rotatable bonds is 6. The number of hydrogen-bond acceptors (Lipinski definition) is 4. The van der Waals surface area contributed by atoms with E-state index in [9.17, 15) is 9.59 Å². The van der Waals surface area contributed by atoms with Crippen molar-refractivity contribution in [3.63, 3.8) is 0 Å². The van der Waals surface area contributed by atoms with Gasteiger partial charge >= 0.3 is 0 Å². The number of aromatic amines is 1. The Balaban J connectivity index is 1.63. The third-order valence-corrected chi connectivity index (χ3v) is 4.46. The molecule has 0 aliphatic heterocycles. The highest BCUT2D eigenvalue weighted by Gasteiger charge is 2.17. The Labute approximate surface area is 157 Å². The summed E-state index contributed by atoms with van der Waals surface area (Å²) in [5, 5.41) is 7.29. The second kappa shape index (κ2) is 7.61. The molecule has 0 spiro atoms. The van der Waals surface area contributed by atoms with Crippen LogP contribution in [0.25, 0.3) is 11.0 Å². The van der Waals surface area contributed by atoms with Gasteiger partial charge in [-0.1, -0.05) is 12.1 Å². The summed E-state index contributed by atoms with van der Waals surface area (Å²) in [5.41, 5.74) is 3.98. The summed E-state index contributed by atoms with van der Waals surface area (Å²) in [5.74, 6) is 0.621. The number of aryl methyl sites for hydroxylation is 2.